The summed E-state index contributed by atoms with van der Waals surface area (Å²) in [6.07, 6.45) is 12.2. The normalized spacial score (nSPS) is 12.6. The van der Waals surface area contributed by atoms with Crippen molar-refractivity contribution < 1.29 is 14.2 Å². The van der Waals surface area contributed by atoms with E-state index >= 15 is 0 Å². The number of nitrogens with zero attached hydrogens (tertiary/aromatic N) is 2. The second-order valence-electron chi connectivity index (χ2n) is 7.89. The summed E-state index contributed by atoms with van der Waals surface area (Å²) >= 11 is 0. The summed E-state index contributed by atoms with van der Waals surface area (Å²) in [7, 11) is 0. The Morgan fingerprint density at radius 1 is 1.10 bits per heavy atom. The maximum Gasteiger partial charge on any atom is 0.131 e. The van der Waals surface area contributed by atoms with Crippen LogP contribution in [0.4, 0.5) is 4.39 Å². The summed E-state index contributed by atoms with van der Waals surface area (Å²) < 4.78 is 20.4. The minimum Gasteiger partial charge on any atom is -0.508 e. The van der Waals surface area contributed by atoms with Crippen LogP contribution >= 0.6 is 0 Å². The molecule has 1 aromatic heterocycles. The number of allylic oxidation sites excluding steroid dienone is 1. The first kappa shape index (κ1) is 22.9. The highest BCUT2D eigenvalue weighted by Gasteiger charge is 2.07. The van der Waals surface area contributed by atoms with Gasteiger partial charge in [-0.15, -0.1) is 0 Å². The number of unbranched alkanes of at least 4 members (excludes halogenated alkanes) is 3. The number of phenols is 1. The predicted molar refractivity (Wildman–Crippen MR) is 124 cm³/mol. The van der Waals surface area contributed by atoms with Crippen LogP contribution in [0.2, 0.25) is 0 Å². The van der Waals surface area contributed by atoms with E-state index in [0.29, 0.717) is 27.9 Å². The van der Waals surface area contributed by atoms with Crippen LogP contribution in [0, 0.1) is 5.82 Å². The quantitative estimate of drug-likeness (QED) is 0.341. The molecule has 3 aromatic rings. The number of hydrogen-bond donors (Lipinski definition) is 1. The lowest BCUT2D eigenvalue weighted by molar-refractivity contribution is 0.0566. The minimum atomic E-state index is -0.283. The van der Waals surface area contributed by atoms with Crippen LogP contribution in [-0.2, 0) is 4.74 Å². The van der Waals surface area contributed by atoms with E-state index in [-0.39, 0.29) is 17.7 Å². The molecule has 0 aliphatic carbocycles. The van der Waals surface area contributed by atoms with Gasteiger partial charge in [-0.05, 0) is 50.8 Å². The third-order valence-corrected chi connectivity index (χ3v) is 5.25. The molecule has 0 aliphatic heterocycles. The molecule has 0 fully saturated rings. The fraction of sp³-hybridized carbons (Fsp3) is 0.385. The topological polar surface area (TPSA) is 55.2 Å². The summed E-state index contributed by atoms with van der Waals surface area (Å²) in [6.45, 7) is 5.15. The van der Waals surface area contributed by atoms with Crippen molar-refractivity contribution in [1.29, 1.82) is 0 Å². The van der Waals surface area contributed by atoms with E-state index < -0.39 is 0 Å². The molecule has 0 saturated heterocycles. The molecule has 1 unspecified atom stereocenters. The highest BCUT2D eigenvalue weighted by molar-refractivity contribution is 5.78. The van der Waals surface area contributed by atoms with Crippen molar-refractivity contribution in [3.8, 4) is 17.0 Å². The standard InChI is InChI=1S/C26H31FN2O2/c1-3-4-8-15-31-19(2)9-6-5-7-10-20-11-12-21(16-23(20)27)26-18-28-25-17-22(30)13-14-24(25)29-26/h7,10-14,16-19,30H,3-6,8-9,15H2,1-2H3. The van der Waals surface area contributed by atoms with Crippen LogP contribution in [-0.4, -0.2) is 27.8 Å². The number of aromatic nitrogens is 2. The second kappa shape index (κ2) is 11.6. The number of hydrogen-bond acceptors (Lipinski definition) is 4. The molecule has 0 amide bonds. The third-order valence-electron chi connectivity index (χ3n) is 5.25. The van der Waals surface area contributed by atoms with Crippen molar-refractivity contribution in [3.63, 3.8) is 0 Å². The Morgan fingerprint density at radius 3 is 2.77 bits per heavy atom. The van der Waals surface area contributed by atoms with Gasteiger partial charge >= 0.3 is 0 Å². The Hall–Kier alpha value is -2.79. The van der Waals surface area contributed by atoms with Gasteiger partial charge in [-0.2, -0.15) is 0 Å². The summed E-state index contributed by atoms with van der Waals surface area (Å²) in [5.74, 6) is -0.139. The predicted octanol–water partition coefficient (Wildman–Crippen LogP) is 6.92. The van der Waals surface area contributed by atoms with Crippen molar-refractivity contribution >= 4 is 17.1 Å². The smallest absolute Gasteiger partial charge is 0.131 e. The summed E-state index contributed by atoms with van der Waals surface area (Å²) in [6, 6.07) is 9.93. The molecule has 1 atom stereocenters. The largest absolute Gasteiger partial charge is 0.508 e. The number of fused-ring (bicyclic) bond motifs is 1. The SMILES string of the molecule is CCCCCOC(C)CCCC=Cc1ccc(-c2cnc3cc(O)ccc3n2)cc1F. The van der Waals surface area contributed by atoms with Gasteiger partial charge in [0.1, 0.15) is 11.6 Å². The molecule has 3 rings (SSSR count). The molecular formula is C26H31FN2O2. The average Bonchev–Trinajstić information content (AvgIpc) is 2.77. The lowest BCUT2D eigenvalue weighted by atomic mass is 10.1. The summed E-state index contributed by atoms with van der Waals surface area (Å²) in [4.78, 5) is 8.83. The third kappa shape index (κ3) is 6.86. The van der Waals surface area contributed by atoms with Crippen LogP contribution in [0.3, 0.4) is 0 Å². The van der Waals surface area contributed by atoms with Crippen molar-refractivity contribution in [2.45, 2.75) is 58.5 Å². The van der Waals surface area contributed by atoms with Gasteiger partial charge < -0.3 is 9.84 Å². The van der Waals surface area contributed by atoms with Gasteiger partial charge in [0.2, 0.25) is 0 Å². The second-order valence-corrected chi connectivity index (χ2v) is 7.89. The molecule has 2 aromatic carbocycles. The lowest BCUT2D eigenvalue weighted by Gasteiger charge is -2.12. The van der Waals surface area contributed by atoms with E-state index in [2.05, 4.69) is 23.8 Å². The van der Waals surface area contributed by atoms with Crippen LogP contribution in [0.1, 0.15) is 57.9 Å². The highest BCUT2D eigenvalue weighted by Crippen LogP contribution is 2.24. The summed E-state index contributed by atoms with van der Waals surface area (Å²) in [5, 5.41) is 9.54. The Morgan fingerprint density at radius 2 is 1.97 bits per heavy atom. The van der Waals surface area contributed by atoms with E-state index in [0.717, 1.165) is 32.3 Å². The van der Waals surface area contributed by atoms with Crippen LogP contribution in [0.15, 0.2) is 48.7 Å². The van der Waals surface area contributed by atoms with Crippen molar-refractivity contribution in [1.82, 2.24) is 9.97 Å². The number of halogens is 1. The van der Waals surface area contributed by atoms with Gasteiger partial charge in [0, 0.05) is 23.8 Å². The van der Waals surface area contributed by atoms with E-state index in [4.69, 9.17) is 4.74 Å². The average molecular weight is 423 g/mol. The number of phenolic OH excluding ortho intramolecular Hbond substituents is 1. The minimum absolute atomic E-state index is 0.144. The fourth-order valence-corrected chi connectivity index (χ4v) is 3.41. The Kier molecular flexibility index (Phi) is 8.53. The molecule has 5 heteroatoms. The van der Waals surface area contributed by atoms with Gasteiger partial charge in [0.15, 0.2) is 0 Å². The molecule has 0 bridgehead atoms. The van der Waals surface area contributed by atoms with E-state index in [1.54, 1.807) is 30.5 Å². The van der Waals surface area contributed by atoms with Gasteiger partial charge in [0.05, 0.1) is 29.0 Å². The zero-order valence-corrected chi connectivity index (χ0v) is 18.4. The Balaban J connectivity index is 1.53. The molecule has 0 spiro atoms. The van der Waals surface area contributed by atoms with Gasteiger partial charge in [-0.1, -0.05) is 44.1 Å². The van der Waals surface area contributed by atoms with E-state index in [1.165, 1.54) is 18.9 Å². The van der Waals surface area contributed by atoms with Crippen molar-refractivity contribution in [2.24, 2.45) is 0 Å². The molecular weight excluding hydrogens is 391 g/mol. The zero-order valence-electron chi connectivity index (χ0n) is 18.4. The van der Waals surface area contributed by atoms with Crippen molar-refractivity contribution in [3.05, 3.63) is 60.1 Å². The molecule has 164 valence electrons. The first-order chi connectivity index (χ1) is 15.1. The number of ether oxygens (including phenoxy) is 1. The monoisotopic (exact) mass is 422 g/mol. The number of aromatic hydroxyl groups is 1. The Bertz CT molecular complexity index is 1020. The highest BCUT2D eigenvalue weighted by atomic mass is 19.1. The van der Waals surface area contributed by atoms with Crippen LogP contribution in [0.25, 0.3) is 28.4 Å². The molecule has 4 nitrogen and oxygen atoms in total. The van der Waals surface area contributed by atoms with Gasteiger partial charge in [-0.3, -0.25) is 4.98 Å². The van der Waals surface area contributed by atoms with Crippen LogP contribution < -0.4 is 0 Å². The first-order valence-electron chi connectivity index (χ1n) is 11.1. The molecule has 1 heterocycles. The molecule has 0 saturated carbocycles. The van der Waals surface area contributed by atoms with Gasteiger partial charge in [0.25, 0.3) is 0 Å². The zero-order chi connectivity index (χ0) is 22.1. The summed E-state index contributed by atoms with van der Waals surface area (Å²) in [5.41, 5.74) is 3.09. The number of benzene rings is 2. The van der Waals surface area contributed by atoms with E-state index in [1.807, 2.05) is 18.2 Å². The molecule has 0 radical (unpaired) electrons. The lowest BCUT2D eigenvalue weighted by Crippen LogP contribution is -2.08. The van der Waals surface area contributed by atoms with Crippen molar-refractivity contribution in [2.75, 3.05) is 6.61 Å². The Labute approximate surface area is 183 Å². The first-order valence-corrected chi connectivity index (χ1v) is 11.1. The molecule has 0 aliphatic rings. The molecule has 1 N–H and O–H groups in total. The number of rotatable bonds is 11. The van der Waals surface area contributed by atoms with Gasteiger partial charge in [-0.25, -0.2) is 9.37 Å². The maximum absolute atomic E-state index is 14.6. The fourth-order valence-electron chi connectivity index (χ4n) is 3.41. The van der Waals surface area contributed by atoms with E-state index in [9.17, 15) is 9.50 Å². The van der Waals surface area contributed by atoms with Crippen LogP contribution in [0.5, 0.6) is 5.75 Å². The molecule has 31 heavy (non-hydrogen) atoms. The maximum atomic E-state index is 14.6.